The molecule has 0 amide bonds. The largest absolute Gasteiger partial charge is 0.481 e. The van der Waals surface area contributed by atoms with Gasteiger partial charge in [0.05, 0.1) is 5.92 Å². The molecule has 0 saturated carbocycles. The van der Waals surface area contributed by atoms with Gasteiger partial charge in [-0.25, -0.2) is 0 Å². The van der Waals surface area contributed by atoms with Crippen LogP contribution in [-0.4, -0.2) is 17.4 Å². The van der Waals surface area contributed by atoms with Crippen LogP contribution in [0.4, 0.5) is 0 Å². The molecule has 0 aromatic heterocycles. The molecule has 3 nitrogen and oxygen atoms in total. The zero-order valence-corrected chi connectivity index (χ0v) is 10.2. The van der Waals surface area contributed by atoms with Crippen LogP contribution in [0.3, 0.4) is 0 Å². The van der Waals surface area contributed by atoms with E-state index in [2.05, 4.69) is 6.92 Å². The lowest BCUT2D eigenvalue weighted by atomic mass is 10.00. The SMILES string of the molecule is CCCC=O.CCCCC(CC)C(=O)O. The standard InChI is InChI=1S/C8H16O2.C4H8O/c1-3-5-6-7(4-2)8(9)10;1-2-3-4-5/h7H,3-6H2,1-2H3,(H,9,10);4H,2-3H2,1H3. The van der Waals surface area contributed by atoms with Gasteiger partial charge in [-0.15, -0.1) is 0 Å². The summed E-state index contributed by atoms with van der Waals surface area (Å²) in [6, 6.07) is 0. The maximum Gasteiger partial charge on any atom is 0.306 e. The van der Waals surface area contributed by atoms with Crippen LogP contribution in [-0.2, 0) is 9.59 Å². The van der Waals surface area contributed by atoms with Gasteiger partial charge >= 0.3 is 5.97 Å². The van der Waals surface area contributed by atoms with Gasteiger partial charge < -0.3 is 9.90 Å². The lowest BCUT2D eigenvalue weighted by Crippen LogP contribution is -2.11. The predicted molar refractivity (Wildman–Crippen MR) is 61.9 cm³/mol. The Hall–Kier alpha value is -0.860. The zero-order valence-electron chi connectivity index (χ0n) is 10.2. The highest BCUT2D eigenvalue weighted by Crippen LogP contribution is 2.11. The first kappa shape index (κ1) is 16.6. The van der Waals surface area contributed by atoms with Crippen LogP contribution >= 0.6 is 0 Å². The van der Waals surface area contributed by atoms with Crippen molar-refractivity contribution < 1.29 is 14.7 Å². The van der Waals surface area contributed by atoms with Gasteiger partial charge in [0, 0.05) is 6.42 Å². The summed E-state index contributed by atoms with van der Waals surface area (Å²) in [7, 11) is 0. The normalized spacial score (nSPS) is 11.1. The number of carbonyl (C=O) groups excluding carboxylic acids is 1. The van der Waals surface area contributed by atoms with Gasteiger partial charge in [-0.1, -0.05) is 33.6 Å². The molecule has 0 radical (unpaired) electrons. The number of rotatable bonds is 7. The monoisotopic (exact) mass is 216 g/mol. The van der Waals surface area contributed by atoms with Gasteiger partial charge in [-0.2, -0.15) is 0 Å². The molecule has 0 heterocycles. The first-order valence-electron chi connectivity index (χ1n) is 5.80. The summed E-state index contributed by atoms with van der Waals surface area (Å²) in [5.74, 6) is -0.754. The lowest BCUT2D eigenvalue weighted by molar-refractivity contribution is -0.142. The van der Waals surface area contributed by atoms with Crippen molar-refractivity contribution in [3.05, 3.63) is 0 Å². The van der Waals surface area contributed by atoms with Gasteiger partial charge in [0.2, 0.25) is 0 Å². The Kier molecular flexibility index (Phi) is 14.5. The highest BCUT2D eigenvalue weighted by atomic mass is 16.4. The smallest absolute Gasteiger partial charge is 0.306 e. The number of carbonyl (C=O) groups is 2. The Labute approximate surface area is 92.9 Å². The van der Waals surface area contributed by atoms with E-state index >= 15 is 0 Å². The van der Waals surface area contributed by atoms with E-state index in [0.29, 0.717) is 6.42 Å². The molecule has 0 aromatic carbocycles. The van der Waals surface area contributed by atoms with Crippen molar-refractivity contribution in [2.24, 2.45) is 5.92 Å². The fourth-order valence-electron chi connectivity index (χ4n) is 1.07. The molecule has 0 aliphatic rings. The first-order valence-corrected chi connectivity index (χ1v) is 5.80. The Balaban J connectivity index is 0. The molecule has 15 heavy (non-hydrogen) atoms. The lowest BCUT2D eigenvalue weighted by Gasteiger charge is -2.06. The van der Waals surface area contributed by atoms with Crippen molar-refractivity contribution in [2.75, 3.05) is 0 Å². The number of aldehydes is 1. The molecular formula is C12H24O3. The Morgan fingerprint density at radius 3 is 2.07 bits per heavy atom. The molecular weight excluding hydrogens is 192 g/mol. The molecule has 1 atom stereocenters. The molecule has 1 N–H and O–H groups in total. The Morgan fingerprint density at radius 1 is 1.27 bits per heavy atom. The number of hydrogen-bond donors (Lipinski definition) is 1. The molecule has 0 aliphatic carbocycles. The van der Waals surface area contributed by atoms with Crippen LogP contribution < -0.4 is 0 Å². The average Bonchev–Trinajstić information content (AvgIpc) is 2.20. The molecule has 0 bridgehead atoms. The Bertz CT molecular complexity index is 155. The van der Waals surface area contributed by atoms with E-state index in [-0.39, 0.29) is 5.92 Å². The van der Waals surface area contributed by atoms with E-state index in [4.69, 9.17) is 5.11 Å². The molecule has 0 fully saturated rings. The molecule has 0 rings (SSSR count). The van der Waals surface area contributed by atoms with Gasteiger partial charge in [-0.05, 0) is 19.3 Å². The minimum atomic E-state index is -0.643. The molecule has 0 spiro atoms. The summed E-state index contributed by atoms with van der Waals surface area (Å²) in [4.78, 5) is 19.8. The highest BCUT2D eigenvalue weighted by Gasteiger charge is 2.12. The fourth-order valence-corrected chi connectivity index (χ4v) is 1.07. The quantitative estimate of drug-likeness (QED) is 0.664. The van der Waals surface area contributed by atoms with E-state index in [1.165, 1.54) is 0 Å². The average molecular weight is 216 g/mol. The second-order valence-corrected chi connectivity index (χ2v) is 3.54. The van der Waals surface area contributed by atoms with Gasteiger partial charge in [0.1, 0.15) is 6.29 Å². The minimum Gasteiger partial charge on any atom is -0.481 e. The third-order valence-electron chi connectivity index (χ3n) is 2.15. The van der Waals surface area contributed by atoms with E-state index in [0.717, 1.165) is 38.4 Å². The van der Waals surface area contributed by atoms with Crippen LogP contribution in [0.25, 0.3) is 0 Å². The van der Waals surface area contributed by atoms with Gasteiger partial charge in [0.25, 0.3) is 0 Å². The summed E-state index contributed by atoms with van der Waals surface area (Å²) < 4.78 is 0. The topological polar surface area (TPSA) is 54.4 Å². The van der Waals surface area contributed by atoms with Crippen molar-refractivity contribution >= 4 is 12.3 Å². The molecule has 90 valence electrons. The number of carboxylic acids is 1. The van der Waals surface area contributed by atoms with E-state index < -0.39 is 5.97 Å². The van der Waals surface area contributed by atoms with Crippen LogP contribution in [0.15, 0.2) is 0 Å². The van der Waals surface area contributed by atoms with Crippen LogP contribution in [0.2, 0.25) is 0 Å². The number of carboxylic acid groups (broad SMARTS) is 1. The molecule has 1 unspecified atom stereocenters. The highest BCUT2D eigenvalue weighted by molar-refractivity contribution is 5.69. The molecule has 0 aliphatic heterocycles. The van der Waals surface area contributed by atoms with Crippen molar-refractivity contribution in [3.63, 3.8) is 0 Å². The van der Waals surface area contributed by atoms with Crippen LogP contribution in [0.5, 0.6) is 0 Å². The summed E-state index contributed by atoms with van der Waals surface area (Å²) in [6.07, 6.45) is 6.33. The van der Waals surface area contributed by atoms with Crippen molar-refractivity contribution in [2.45, 2.75) is 59.3 Å². The minimum absolute atomic E-state index is 0.111. The second kappa shape index (κ2) is 13.1. The van der Waals surface area contributed by atoms with Gasteiger partial charge in [0.15, 0.2) is 0 Å². The zero-order chi connectivity index (χ0) is 12.1. The molecule has 3 heteroatoms. The maximum absolute atomic E-state index is 10.4. The summed E-state index contributed by atoms with van der Waals surface area (Å²) in [6.45, 7) is 5.98. The first-order chi connectivity index (χ1) is 7.13. The number of unbranched alkanes of at least 4 members (excludes halogenated alkanes) is 2. The third-order valence-corrected chi connectivity index (χ3v) is 2.15. The second-order valence-electron chi connectivity index (χ2n) is 3.54. The summed E-state index contributed by atoms with van der Waals surface area (Å²) >= 11 is 0. The van der Waals surface area contributed by atoms with Crippen LogP contribution in [0, 0.1) is 5.92 Å². The van der Waals surface area contributed by atoms with Crippen molar-refractivity contribution in [1.82, 2.24) is 0 Å². The maximum atomic E-state index is 10.4. The number of aliphatic carboxylic acids is 1. The fraction of sp³-hybridized carbons (Fsp3) is 0.833. The van der Waals surface area contributed by atoms with E-state index in [9.17, 15) is 9.59 Å². The van der Waals surface area contributed by atoms with Crippen molar-refractivity contribution in [3.8, 4) is 0 Å². The van der Waals surface area contributed by atoms with Crippen LogP contribution in [0.1, 0.15) is 59.3 Å². The molecule has 0 saturated heterocycles. The third kappa shape index (κ3) is 13.1. The number of hydrogen-bond acceptors (Lipinski definition) is 2. The molecule has 0 aromatic rings. The van der Waals surface area contributed by atoms with E-state index in [1.807, 2.05) is 13.8 Å². The summed E-state index contributed by atoms with van der Waals surface area (Å²) in [5, 5.41) is 8.60. The summed E-state index contributed by atoms with van der Waals surface area (Å²) in [5.41, 5.74) is 0. The predicted octanol–water partition coefficient (Wildman–Crippen LogP) is 3.27. The Morgan fingerprint density at radius 2 is 1.87 bits per heavy atom. The van der Waals surface area contributed by atoms with E-state index in [1.54, 1.807) is 0 Å². The van der Waals surface area contributed by atoms with Crippen molar-refractivity contribution in [1.29, 1.82) is 0 Å². The van der Waals surface area contributed by atoms with Gasteiger partial charge in [-0.3, -0.25) is 4.79 Å².